The van der Waals surface area contributed by atoms with Crippen LogP contribution >= 0.6 is 0 Å². The molecule has 1 saturated heterocycles. The first kappa shape index (κ1) is 18.6. The number of carbonyl (C=O) groups excluding carboxylic acids is 2. The van der Waals surface area contributed by atoms with Crippen LogP contribution in [0.4, 0.5) is 0 Å². The van der Waals surface area contributed by atoms with Crippen molar-refractivity contribution in [3.8, 4) is 0 Å². The number of amides is 2. The highest BCUT2D eigenvalue weighted by molar-refractivity contribution is 6.03. The second-order valence-corrected chi connectivity index (χ2v) is 4.86. The van der Waals surface area contributed by atoms with Crippen LogP contribution in [0.2, 0.25) is 0 Å². The lowest BCUT2D eigenvalue weighted by atomic mass is 10.2. The molecule has 1 rings (SSSR count). The van der Waals surface area contributed by atoms with Crippen LogP contribution in [0, 0.1) is 0 Å². The van der Waals surface area contributed by atoms with Crippen LogP contribution in [0.5, 0.6) is 0 Å². The van der Waals surface area contributed by atoms with Crippen molar-refractivity contribution in [3.63, 3.8) is 0 Å². The molecular formula is C15H21N3O5. The van der Waals surface area contributed by atoms with Crippen LogP contribution in [0.1, 0.15) is 6.42 Å². The number of aliphatic carboxylic acids is 1. The van der Waals surface area contributed by atoms with E-state index in [-0.39, 0.29) is 18.3 Å². The highest BCUT2D eigenvalue weighted by atomic mass is 16.5. The van der Waals surface area contributed by atoms with Crippen molar-refractivity contribution in [1.82, 2.24) is 15.5 Å². The number of ether oxygens (including phenoxy) is 1. The molecule has 1 atom stereocenters. The fourth-order valence-electron chi connectivity index (χ4n) is 1.95. The third kappa shape index (κ3) is 5.68. The Morgan fingerprint density at radius 1 is 1.39 bits per heavy atom. The van der Waals surface area contributed by atoms with E-state index in [1.807, 2.05) is 0 Å². The van der Waals surface area contributed by atoms with Crippen molar-refractivity contribution >= 4 is 17.8 Å². The van der Waals surface area contributed by atoms with Gasteiger partial charge >= 0.3 is 5.97 Å². The van der Waals surface area contributed by atoms with E-state index in [2.05, 4.69) is 30.4 Å². The van der Waals surface area contributed by atoms with Gasteiger partial charge in [-0.05, 0) is 12.5 Å². The molecule has 1 fully saturated rings. The zero-order chi connectivity index (χ0) is 17.4. The summed E-state index contributed by atoms with van der Waals surface area (Å²) in [5.74, 6) is -2.68. The minimum Gasteiger partial charge on any atom is -0.477 e. The molecule has 8 heteroatoms. The predicted molar refractivity (Wildman–Crippen MR) is 83.2 cm³/mol. The maximum absolute atomic E-state index is 12.0. The van der Waals surface area contributed by atoms with Crippen LogP contribution in [0.3, 0.4) is 0 Å². The lowest BCUT2D eigenvalue weighted by Crippen LogP contribution is -2.43. The average Bonchev–Trinajstić information content (AvgIpc) is 2.55. The molecule has 8 nitrogen and oxygen atoms in total. The molecule has 1 aliphatic rings. The van der Waals surface area contributed by atoms with Crippen molar-refractivity contribution in [3.05, 3.63) is 37.2 Å². The normalized spacial score (nSPS) is 17.0. The van der Waals surface area contributed by atoms with Crippen LogP contribution < -0.4 is 10.6 Å². The van der Waals surface area contributed by atoms with Crippen molar-refractivity contribution < 1.29 is 24.2 Å². The van der Waals surface area contributed by atoms with Gasteiger partial charge in [0.2, 0.25) is 0 Å². The summed E-state index contributed by atoms with van der Waals surface area (Å²) in [4.78, 5) is 35.7. The van der Waals surface area contributed by atoms with Crippen molar-refractivity contribution in [2.75, 3.05) is 26.2 Å². The average molecular weight is 323 g/mol. The van der Waals surface area contributed by atoms with E-state index in [4.69, 9.17) is 9.84 Å². The fourth-order valence-corrected chi connectivity index (χ4v) is 1.95. The van der Waals surface area contributed by atoms with E-state index in [0.29, 0.717) is 19.6 Å². The summed E-state index contributed by atoms with van der Waals surface area (Å²) in [5.41, 5.74) is -0.678. The Morgan fingerprint density at radius 3 is 2.61 bits per heavy atom. The molecule has 1 unspecified atom stereocenters. The summed E-state index contributed by atoms with van der Waals surface area (Å²) >= 11 is 0. The predicted octanol–water partition coefficient (Wildman–Crippen LogP) is -0.392. The third-order valence-corrected chi connectivity index (χ3v) is 3.23. The standard InChI is InChI=1S/C15H21N3O5/c1-4-13(19)18(7-5-12-9-16-6-8-23-12)11(3)14(20)17-10(2)15(21)22/h4,12,16H,1-3,5-9H2,(H,17,20)(H,21,22). The molecule has 0 aromatic heterocycles. The number of carbonyl (C=O) groups is 3. The molecule has 0 spiro atoms. The molecule has 0 saturated carbocycles. The topological polar surface area (TPSA) is 108 Å². The molecule has 2 amide bonds. The molecule has 0 bridgehead atoms. The number of rotatable bonds is 8. The summed E-state index contributed by atoms with van der Waals surface area (Å²) < 4.78 is 5.53. The van der Waals surface area contributed by atoms with E-state index in [9.17, 15) is 14.4 Å². The van der Waals surface area contributed by atoms with Gasteiger partial charge in [-0.15, -0.1) is 0 Å². The van der Waals surface area contributed by atoms with Gasteiger partial charge in [0.25, 0.3) is 11.8 Å². The first-order valence-corrected chi connectivity index (χ1v) is 7.05. The van der Waals surface area contributed by atoms with Gasteiger partial charge in [-0.2, -0.15) is 0 Å². The van der Waals surface area contributed by atoms with E-state index in [1.54, 1.807) is 0 Å². The van der Waals surface area contributed by atoms with Crippen molar-refractivity contribution in [2.24, 2.45) is 0 Å². The summed E-state index contributed by atoms with van der Waals surface area (Å²) in [7, 11) is 0. The lowest BCUT2D eigenvalue weighted by Gasteiger charge is -2.28. The minimum atomic E-state index is -1.37. The zero-order valence-corrected chi connectivity index (χ0v) is 12.8. The third-order valence-electron chi connectivity index (χ3n) is 3.23. The Hall–Kier alpha value is -2.45. The van der Waals surface area contributed by atoms with Gasteiger partial charge in [-0.1, -0.05) is 19.7 Å². The van der Waals surface area contributed by atoms with E-state index in [1.165, 1.54) is 0 Å². The van der Waals surface area contributed by atoms with Crippen molar-refractivity contribution in [2.45, 2.75) is 12.5 Å². The summed E-state index contributed by atoms with van der Waals surface area (Å²) in [6.45, 7) is 12.4. The van der Waals surface area contributed by atoms with Gasteiger partial charge in [-0.3, -0.25) is 9.59 Å². The van der Waals surface area contributed by atoms with Crippen LogP contribution in [-0.4, -0.2) is 60.1 Å². The van der Waals surface area contributed by atoms with Gasteiger partial charge in [0.15, 0.2) is 0 Å². The Balaban J connectivity index is 2.68. The van der Waals surface area contributed by atoms with Crippen molar-refractivity contribution in [1.29, 1.82) is 0 Å². The number of morpholine rings is 1. The van der Waals surface area contributed by atoms with Crippen LogP contribution in [-0.2, 0) is 19.1 Å². The summed E-state index contributed by atoms with van der Waals surface area (Å²) in [6.07, 6.45) is 1.48. The van der Waals surface area contributed by atoms with E-state index in [0.717, 1.165) is 17.5 Å². The molecule has 3 N–H and O–H groups in total. The maximum Gasteiger partial charge on any atom is 0.351 e. The molecular weight excluding hydrogens is 302 g/mol. The van der Waals surface area contributed by atoms with Crippen LogP contribution in [0.15, 0.2) is 37.2 Å². The van der Waals surface area contributed by atoms with Gasteiger partial charge in [0, 0.05) is 19.6 Å². The number of nitrogens with one attached hydrogen (secondary N) is 2. The largest absolute Gasteiger partial charge is 0.477 e. The molecule has 0 radical (unpaired) electrons. The number of hydrogen-bond donors (Lipinski definition) is 3. The monoisotopic (exact) mass is 323 g/mol. The highest BCUT2D eigenvalue weighted by Crippen LogP contribution is 2.10. The van der Waals surface area contributed by atoms with Gasteiger partial charge < -0.3 is 25.4 Å². The molecule has 0 aromatic carbocycles. The first-order valence-electron chi connectivity index (χ1n) is 7.05. The van der Waals surface area contributed by atoms with Crippen LogP contribution in [0.25, 0.3) is 0 Å². The fraction of sp³-hybridized carbons (Fsp3) is 0.400. The Bertz CT molecular complexity index is 523. The molecule has 23 heavy (non-hydrogen) atoms. The molecule has 1 aliphatic heterocycles. The second-order valence-electron chi connectivity index (χ2n) is 4.86. The quantitative estimate of drug-likeness (QED) is 0.525. The lowest BCUT2D eigenvalue weighted by molar-refractivity contribution is -0.134. The Kier molecular flexibility index (Phi) is 7.17. The summed E-state index contributed by atoms with van der Waals surface area (Å²) in [5, 5.41) is 14.0. The maximum atomic E-state index is 12.0. The van der Waals surface area contributed by atoms with Gasteiger partial charge in [0.05, 0.1) is 12.7 Å². The van der Waals surface area contributed by atoms with Gasteiger partial charge in [0.1, 0.15) is 11.4 Å². The smallest absolute Gasteiger partial charge is 0.351 e. The Morgan fingerprint density at radius 2 is 2.09 bits per heavy atom. The number of carboxylic acids is 1. The number of carboxylic acid groups (broad SMARTS) is 1. The van der Waals surface area contributed by atoms with Gasteiger partial charge in [-0.25, -0.2) is 4.79 Å². The SMILES string of the molecule is C=CC(=O)N(CCC1CNCCO1)C(=C)C(=O)NC(=C)C(=O)O. The number of nitrogens with zero attached hydrogens (tertiary/aromatic N) is 1. The number of hydrogen-bond acceptors (Lipinski definition) is 5. The molecule has 0 aromatic rings. The molecule has 0 aliphatic carbocycles. The second kappa shape index (κ2) is 8.86. The first-order chi connectivity index (χ1) is 10.9. The van der Waals surface area contributed by atoms with E-state index >= 15 is 0 Å². The molecule has 126 valence electrons. The minimum absolute atomic E-state index is 0.0753. The highest BCUT2D eigenvalue weighted by Gasteiger charge is 2.23. The zero-order valence-electron chi connectivity index (χ0n) is 12.8. The molecule has 1 heterocycles. The Labute approximate surface area is 134 Å². The van der Waals surface area contributed by atoms with E-state index < -0.39 is 23.5 Å². The summed E-state index contributed by atoms with van der Waals surface area (Å²) in [6, 6.07) is 0.